The van der Waals surface area contributed by atoms with Crippen molar-refractivity contribution in [1.29, 1.82) is 0 Å². The summed E-state index contributed by atoms with van der Waals surface area (Å²) >= 11 is 1.70. The molecule has 3 rings (SSSR count). The summed E-state index contributed by atoms with van der Waals surface area (Å²) < 4.78 is 2.30. The smallest absolute Gasteiger partial charge is 0.164 e. The highest BCUT2D eigenvalue weighted by molar-refractivity contribution is 7.09. The van der Waals surface area contributed by atoms with E-state index < -0.39 is 0 Å². The Bertz CT molecular complexity index is 569. The van der Waals surface area contributed by atoms with E-state index in [9.17, 15) is 4.79 Å². The van der Waals surface area contributed by atoms with Gasteiger partial charge in [0.25, 0.3) is 0 Å². The lowest BCUT2D eigenvalue weighted by molar-refractivity contribution is 0.0972. The molecule has 0 aromatic carbocycles. The molecule has 2 aromatic rings. The van der Waals surface area contributed by atoms with E-state index in [0.717, 1.165) is 31.4 Å². The van der Waals surface area contributed by atoms with E-state index in [0.29, 0.717) is 12.2 Å². The summed E-state index contributed by atoms with van der Waals surface area (Å²) in [6, 6.07) is 2.05. The number of aromatic nitrogens is 2. The molecule has 18 heavy (non-hydrogen) atoms. The van der Waals surface area contributed by atoms with Crippen molar-refractivity contribution in [1.82, 2.24) is 9.55 Å². The molecule has 0 radical (unpaired) electrons. The van der Waals surface area contributed by atoms with Gasteiger partial charge in [0.15, 0.2) is 5.78 Å². The van der Waals surface area contributed by atoms with Crippen LogP contribution in [0.1, 0.15) is 39.6 Å². The third-order valence-electron chi connectivity index (χ3n) is 3.57. The van der Waals surface area contributed by atoms with Crippen molar-refractivity contribution in [3.63, 3.8) is 0 Å². The standard InChI is InChI=1S/C14H16N2OS/c1-10-9-11-12(3-2-4-13(11)17)16(10)7-5-14-15-6-8-18-14/h6,8-9H,2-5,7H2,1H3. The van der Waals surface area contributed by atoms with E-state index in [-0.39, 0.29) is 0 Å². The zero-order valence-electron chi connectivity index (χ0n) is 10.5. The van der Waals surface area contributed by atoms with Crippen LogP contribution >= 0.6 is 11.3 Å². The van der Waals surface area contributed by atoms with E-state index in [1.54, 1.807) is 11.3 Å². The second kappa shape index (κ2) is 4.69. The topological polar surface area (TPSA) is 34.9 Å². The number of hydrogen-bond donors (Lipinski definition) is 0. The van der Waals surface area contributed by atoms with Gasteiger partial charge in [-0.3, -0.25) is 4.79 Å². The van der Waals surface area contributed by atoms with Gasteiger partial charge >= 0.3 is 0 Å². The largest absolute Gasteiger partial charge is 0.348 e. The van der Waals surface area contributed by atoms with Crippen molar-refractivity contribution in [3.8, 4) is 0 Å². The molecule has 0 spiro atoms. The Morgan fingerprint density at radius 3 is 3.11 bits per heavy atom. The molecule has 0 amide bonds. The first-order valence-corrected chi connectivity index (χ1v) is 7.24. The zero-order chi connectivity index (χ0) is 12.5. The van der Waals surface area contributed by atoms with Crippen LogP contribution in [0.25, 0.3) is 0 Å². The van der Waals surface area contributed by atoms with Crippen LogP contribution in [0.15, 0.2) is 17.6 Å². The minimum Gasteiger partial charge on any atom is -0.348 e. The third kappa shape index (κ3) is 2.01. The summed E-state index contributed by atoms with van der Waals surface area (Å²) in [7, 11) is 0. The molecular weight excluding hydrogens is 244 g/mol. The second-order valence-electron chi connectivity index (χ2n) is 4.75. The summed E-state index contributed by atoms with van der Waals surface area (Å²) in [4.78, 5) is 16.2. The van der Waals surface area contributed by atoms with Gasteiger partial charge in [0.05, 0.1) is 5.01 Å². The number of nitrogens with zero attached hydrogens (tertiary/aromatic N) is 2. The second-order valence-corrected chi connectivity index (χ2v) is 5.73. The van der Waals surface area contributed by atoms with Gasteiger partial charge < -0.3 is 4.57 Å². The summed E-state index contributed by atoms with van der Waals surface area (Å²) in [6.45, 7) is 3.02. The first-order chi connectivity index (χ1) is 8.75. The molecular formula is C14H16N2OS. The number of rotatable bonds is 3. The van der Waals surface area contributed by atoms with Gasteiger partial charge in [0, 0.05) is 47.9 Å². The average Bonchev–Trinajstić information content (AvgIpc) is 2.95. The van der Waals surface area contributed by atoms with Crippen LogP contribution in [0.4, 0.5) is 0 Å². The number of hydrogen-bond acceptors (Lipinski definition) is 3. The fourth-order valence-electron chi connectivity index (χ4n) is 2.69. The van der Waals surface area contributed by atoms with Crippen molar-refractivity contribution in [2.24, 2.45) is 0 Å². The highest BCUT2D eigenvalue weighted by atomic mass is 32.1. The van der Waals surface area contributed by atoms with Crippen molar-refractivity contribution in [2.75, 3.05) is 0 Å². The molecule has 0 atom stereocenters. The van der Waals surface area contributed by atoms with Crippen LogP contribution in [0.5, 0.6) is 0 Å². The van der Waals surface area contributed by atoms with E-state index in [1.807, 2.05) is 11.6 Å². The van der Waals surface area contributed by atoms with Gasteiger partial charge in [0.2, 0.25) is 0 Å². The Labute approximate surface area is 110 Å². The summed E-state index contributed by atoms with van der Waals surface area (Å²) in [6.07, 6.45) is 5.54. The average molecular weight is 260 g/mol. The number of Topliss-reactive ketones (excluding diaryl/α,β-unsaturated/α-hetero) is 1. The Balaban J connectivity index is 1.85. The molecule has 1 aliphatic rings. The van der Waals surface area contributed by atoms with E-state index >= 15 is 0 Å². The molecule has 2 heterocycles. The van der Waals surface area contributed by atoms with Gasteiger partial charge in [-0.2, -0.15) is 0 Å². The highest BCUT2D eigenvalue weighted by Crippen LogP contribution is 2.25. The fraction of sp³-hybridized carbons (Fsp3) is 0.429. The first-order valence-electron chi connectivity index (χ1n) is 6.36. The van der Waals surface area contributed by atoms with Gasteiger partial charge in [-0.25, -0.2) is 4.98 Å². The lowest BCUT2D eigenvalue weighted by Gasteiger charge is -2.15. The summed E-state index contributed by atoms with van der Waals surface area (Å²) in [5, 5.41) is 3.18. The Kier molecular flexibility index (Phi) is 3.04. The molecule has 0 saturated heterocycles. The van der Waals surface area contributed by atoms with E-state index in [2.05, 4.69) is 22.5 Å². The number of thiazole rings is 1. The van der Waals surface area contributed by atoms with E-state index in [4.69, 9.17) is 0 Å². The van der Waals surface area contributed by atoms with Crippen LogP contribution in [-0.4, -0.2) is 15.3 Å². The third-order valence-corrected chi connectivity index (χ3v) is 4.41. The van der Waals surface area contributed by atoms with Crippen molar-refractivity contribution in [3.05, 3.63) is 39.6 Å². The lowest BCUT2D eigenvalue weighted by Crippen LogP contribution is -2.14. The fourth-order valence-corrected chi connectivity index (χ4v) is 3.30. The van der Waals surface area contributed by atoms with Gasteiger partial charge in [0.1, 0.15) is 0 Å². The van der Waals surface area contributed by atoms with Crippen LogP contribution in [0.2, 0.25) is 0 Å². The summed E-state index contributed by atoms with van der Waals surface area (Å²) in [5.41, 5.74) is 3.39. The number of carbonyl (C=O) groups is 1. The molecule has 0 fully saturated rings. The minimum atomic E-state index is 0.312. The van der Waals surface area contributed by atoms with Gasteiger partial charge in [-0.1, -0.05) is 0 Å². The molecule has 0 aliphatic heterocycles. The molecule has 1 aliphatic carbocycles. The monoisotopic (exact) mass is 260 g/mol. The maximum absolute atomic E-state index is 11.9. The maximum Gasteiger partial charge on any atom is 0.164 e. The number of ketones is 1. The van der Waals surface area contributed by atoms with Crippen molar-refractivity contribution >= 4 is 17.1 Å². The Morgan fingerprint density at radius 1 is 1.44 bits per heavy atom. The predicted octanol–water partition coefficient (Wildman–Crippen LogP) is 3.01. The van der Waals surface area contributed by atoms with Crippen LogP contribution in [0.3, 0.4) is 0 Å². The molecule has 2 aromatic heterocycles. The molecule has 0 unspecified atom stereocenters. The van der Waals surface area contributed by atoms with Crippen LogP contribution in [-0.2, 0) is 19.4 Å². The van der Waals surface area contributed by atoms with Crippen molar-refractivity contribution < 1.29 is 4.79 Å². The molecule has 0 bridgehead atoms. The number of aryl methyl sites for hydroxylation is 2. The highest BCUT2D eigenvalue weighted by Gasteiger charge is 2.22. The molecule has 4 heteroatoms. The van der Waals surface area contributed by atoms with Gasteiger partial charge in [-0.15, -0.1) is 11.3 Å². The van der Waals surface area contributed by atoms with Crippen LogP contribution < -0.4 is 0 Å². The predicted molar refractivity (Wildman–Crippen MR) is 72.3 cm³/mol. The van der Waals surface area contributed by atoms with Crippen LogP contribution in [0, 0.1) is 6.92 Å². The van der Waals surface area contributed by atoms with Gasteiger partial charge in [-0.05, 0) is 25.8 Å². The zero-order valence-corrected chi connectivity index (χ0v) is 11.3. The minimum absolute atomic E-state index is 0.312. The SMILES string of the molecule is Cc1cc2c(n1CCc1nccs1)CCCC2=O. The number of fused-ring (bicyclic) bond motifs is 1. The molecule has 0 saturated carbocycles. The first kappa shape index (κ1) is 11.7. The lowest BCUT2D eigenvalue weighted by atomic mass is 9.96. The van der Waals surface area contributed by atoms with E-state index in [1.165, 1.54) is 16.4 Å². The summed E-state index contributed by atoms with van der Waals surface area (Å²) in [5.74, 6) is 0.312. The Hall–Kier alpha value is -1.42. The molecule has 3 nitrogen and oxygen atoms in total. The normalized spacial score (nSPS) is 14.8. The quantitative estimate of drug-likeness (QED) is 0.850. The molecule has 94 valence electrons. The number of carbonyl (C=O) groups excluding carboxylic acids is 1. The maximum atomic E-state index is 11.9. The molecule has 0 N–H and O–H groups in total. The Morgan fingerprint density at radius 2 is 2.33 bits per heavy atom. The van der Waals surface area contributed by atoms with Crippen molar-refractivity contribution in [2.45, 2.75) is 39.2 Å².